The van der Waals surface area contributed by atoms with Crippen LogP contribution in [0.1, 0.15) is 41.7 Å². The number of pyridine rings is 1. The summed E-state index contributed by atoms with van der Waals surface area (Å²) in [6.07, 6.45) is 2.17. The normalized spacial score (nSPS) is 10.2. The second kappa shape index (κ2) is 7.35. The number of carbonyl (C=O) groups excluding carboxylic acids is 1. The van der Waals surface area contributed by atoms with Gasteiger partial charge in [-0.15, -0.1) is 0 Å². The molecule has 0 radical (unpaired) electrons. The van der Waals surface area contributed by atoms with Crippen LogP contribution in [0.5, 0.6) is 0 Å². The van der Waals surface area contributed by atoms with Gasteiger partial charge in [0.25, 0.3) is 11.5 Å². The molecule has 0 saturated heterocycles. The molecule has 1 rings (SSSR count). The number of unbranched alkanes of at least 4 members (excludes halogenated alkanes) is 2. The van der Waals surface area contributed by atoms with Gasteiger partial charge in [-0.25, -0.2) is 0 Å². The first kappa shape index (κ1) is 14.9. The summed E-state index contributed by atoms with van der Waals surface area (Å²) < 4.78 is 0. The van der Waals surface area contributed by atoms with Crippen molar-refractivity contribution < 1.29 is 14.7 Å². The molecule has 0 spiro atoms. The highest BCUT2D eigenvalue weighted by molar-refractivity contribution is 5.93. The average Bonchev–Trinajstić information content (AvgIpc) is 2.32. The number of carboxylic acid groups (broad SMARTS) is 1. The molecule has 19 heavy (non-hydrogen) atoms. The third kappa shape index (κ3) is 5.37. The summed E-state index contributed by atoms with van der Waals surface area (Å²) in [5, 5.41) is 11.1. The van der Waals surface area contributed by atoms with Gasteiger partial charge in [-0.1, -0.05) is 6.42 Å². The molecule has 1 heterocycles. The summed E-state index contributed by atoms with van der Waals surface area (Å²) in [6.45, 7) is 2.18. The van der Waals surface area contributed by atoms with Crippen LogP contribution in [0.2, 0.25) is 0 Å². The molecule has 0 bridgehead atoms. The largest absolute Gasteiger partial charge is 0.481 e. The van der Waals surface area contributed by atoms with Crippen molar-refractivity contribution in [1.29, 1.82) is 0 Å². The summed E-state index contributed by atoms with van der Waals surface area (Å²) >= 11 is 0. The predicted octanol–water partition coefficient (Wildman–Crippen LogP) is 1.06. The number of hydrogen-bond donors (Lipinski definition) is 3. The minimum absolute atomic E-state index is 0.0936. The summed E-state index contributed by atoms with van der Waals surface area (Å²) in [6, 6.07) is 3.16. The van der Waals surface area contributed by atoms with Crippen LogP contribution in [0.3, 0.4) is 0 Å². The number of aryl methyl sites for hydroxylation is 1. The second-order valence-electron chi connectivity index (χ2n) is 4.34. The number of rotatable bonds is 7. The van der Waals surface area contributed by atoms with Gasteiger partial charge in [-0.3, -0.25) is 14.4 Å². The minimum atomic E-state index is -0.810. The summed E-state index contributed by atoms with van der Waals surface area (Å²) in [5.41, 5.74) is 0.398. The number of aromatic amines is 1. The zero-order valence-corrected chi connectivity index (χ0v) is 10.9. The maximum absolute atomic E-state index is 11.7. The van der Waals surface area contributed by atoms with Gasteiger partial charge in [-0.2, -0.15) is 0 Å². The SMILES string of the molecule is Cc1ccc(C(=O)NCCCCCC(=O)O)c(=O)[nH]1. The van der Waals surface area contributed by atoms with E-state index in [4.69, 9.17) is 5.11 Å². The number of nitrogens with one attached hydrogen (secondary N) is 2. The lowest BCUT2D eigenvalue weighted by molar-refractivity contribution is -0.137. The first-order valence-corrected chi connectivity index (χ1v) is 6.20. The highest BCUT2D eigenvalue weighted by Crippen LogP contribution is 1.99. The van der Waals surface area contributed by atoms with Gasteiger partial charge in [0.1, 0.15) is 5.56 Å². The van der Waals surface area contributed by atoms with E-state index in [1.807, 2.05) is 0 Å². The Labute approximate surface area is 110 Å². The molecular formula is C13H18N2O4. The maximum atomic E-state index is 11.7. The maximum Gasteiger partial charge on any atom is 0.303 e. The molecule has 6 heteroatoms. The molecule has 0 unspecified atom stereocenters. The molecule has 0 aliphatic heterocycles. The monoisotopic (exact) mass is 266 g/mol. The lowest BCUT2D eigenvalue weighted by Gasteiger charge is -2.04. The quantitative estimate of drug-likeness (QED) is 0.642. The van der Waals surface area contributed by atoms with Gasteiger partial charge in [0.05, 0.1) is 0 Å². The van der Waals surface area contributed by atoms with Crippen LogP contribution in [0, 0.1) is 6.92 Å². The molecule has 3 N–H and O–H groups in total. The third-order valence-electron chi connectivity index (χ3n) is 2.65. The van der Waals surface area contributed by atoms with E-state index in [2.05, 4.69) is 10.3 Å². The molecule has 0 aliphatic rings. The van der Waals surface area contributed by atoms with Crippen LogP contribution in [0.15, 0.2) is 16.9 Å². The van der Waals surface area contributed by atoms with Crippen molar-refractivity contribution in [2.24, 2.45) is 0 Å². The Hall–Kier alpha value is -2.11. The van der Waals surface area contributed by atoms with Crippen molar-refractivity contribution >= 4 is 11.9 Å². The highest BCUT2D eigenvalue weighted by Gasteiger charge is 2.09. The molecule has 0 fully saturated rings. The number of hydrogen-bond acceptors (Lipinski definition) is 3. The molecule has 1 amide bonds. The van der Waals surface area contributed by atoms with E-state index in [1.54, 1.807) is 13.0 Å². The topological polar surface area (TPSA) is 99.3 Å². The molecule has 1 aromatic heterocycles. The fourth-order valence-corrected chi connectivity index (χ4v) is 1.63. The van der Waals surface area contributed by atoms with Crippen LogP contribution < -0.4 is 10.9 Å². The minimum Gasteiger partial charge on any atom is -0.481 e. The van der Waals surface area contributed by atoms with Crippen LogP contribution in [0.25, 0.3) is 0 Å². The number of aliphatic carboxylic acids is 1. The Kier molecular flexibility index (Phi) is 5.78. The van der Waals surface area contributed by atoms with E-state index in [9.17, 15) is 14.4 Å². The number of carbonyl (C=O) groups is 2. The lowest BCUT2D eigenvalue weighted by Crippen LogP contribution is -2.30. The van der Waals surface area contributed by atoms with E-state index in [0.29, 0.717) is 25.1 Å². The van der Waals surface area contributed by atoms with E-state index in [0.717, 1.165) is 6.42 Å². The average molecular weight is 266 g/mol. The summed E-state index contributed by atoms with van der Waals surface area (Å²) in [4.78, 5) is 36.0. The van der Waals surface area contributed by atoms with Crippen molar-refractivity contribution in [2.45, 2.75) is 32.6 Å². The van der Waals surface area contributed by atoms with E-state index in [-0.39, 0.29) is 12.0 Å². The standard InChI is InChI=1S/C13H18N2O4/c1-9-6-7-10(13(19)15-9)12(18)14-8-4-2-3-5-11(16)17/h6-7H,2-5,8H2,1H3,(H,14,18)(H,15,19)(H,16,17). The molecule has 0 aromatic carbocycles. The molecular weight excluding hydrogens is 248 g/mol. The van der Waals surface area contributed by atoms with Crippen molar-refractivity contribution in [3.8, 4) is 0 Å². The Morgan fingerprint density at radius 3 is 2.63 bits per heavy atom. The van der Waals surface area contributed by atoms with Gasteiger partial charge in [0.2, 0.25) is 0 Å². The van der Waals surface area contributed by atoms with Gasteiger partial charge < -0.3 is 15.4 Å². The molecule has 0 aliphatic carbocycles. The van der Waals surface area contributed by atoms with Crippen molar-refractivity contribution in [3.63, 3.8) is 0 Å². The Bertz CT molecular complexity index is 508. The zero-order valence-electron chi connectivity index (χ0n) is 10.9. The first-order valence-electron chi connectivity index (χ1n) is 6.20. The van der Waals surface area contributed by atoms with E-state index < -0.39 is 17.4 Å². The van der Waals surface area contributed by atoms with Crippen molar-refractivity contribution in [2.75, 3.05) is 6.54 Å². The Morgan fingerprint density at radius 1 is 1.26 bits per heavy atom. The molecule has 1 aromatic rings. The van der Waals surface area contributed by atoms with E-state index >= 15 is 0 Å². The van der Waals surface area contributed by atoms with Gasteiger partial charge in [0.15, 0.2) is 0 Å². The summed E-state index contributed by atoms with van der Waals surface area (Å²) in [5.74, 6) is -1.21. The highest BCUT2D eigenvalue weighted by atomic mass is 16.4. The van der Waals surface area contributed by atoms with E-state index in [1.165, 1.54) is 6.07 Å². The van der Waals surface area contributed by atoms with Crippen LogP contribution in [0.4, 0.5) is 0 Å². The molecule has 6 nitrogen and oxygen atoms in total. The van der Waals surface area contributed by atoms with Crippen LogP contribution >= 0.6 is 0 Å². The van der Waals surface area contributed by atoms with Crippen LogP contribution in [-0.2, 0) is 4.79 Å². The number of H-pyrrole nitrogens is 1. The number of amides is 1. The number of carboxylic acids is 1. The summed E-state index contributed by atoms with van der Waals surface area (Å²) in [7, 11) is 0. The zero-order chi connectivity index (χ0) is 14.3. The second-order valence-corrected chi connectivity index (χ2v) is 4.34. The molecule has 0 atom stereocenters. The van der Waals surface area contributed by atoms with Crippen LogP contribution in [-0.4, -0.2) is 28.5 Å². The Balaban J connectivity index is 2.32. The van der Waals surface area contributed by atoms with Gasteiger partial charge >= 0.3 is 5.97 Å². The van der Waals surface area contributed by atoms with Crippen molar-refractivity contribution in [1.82, 2.24) is 10.3 Å². The smallest absolute Gasteiger partial charge is 0.303 e. The lowest BCUT2D eigenvalue weighted by atomic mass is 10.2. The molecule has 0 saturated carbocycles. The Morgan fingerprint density at radius 2 is 2.00 bits per heavy atom. The fraction of sp³-hybridized carbons (Fsp3) is 0.462. The number of aromatic nitrogens is 1. The van der Waals surface area contributed by atoms with Gasteiger partial charge in [0, 0.05) is 18.7 Å². The molecule has 104 valence electrons. The third-order valence-corrected chi connectivity index (χ3v) is 2.65. The first-order chi connectivity index (χ1) is 9.00. The fourth-order valence-electron chi connectivity index (χ4n) is 1.63. The predicted molar refractivity (Wildman–Crippen MR) is 70.2 cm³/mol. The van der Waals surface area contributed by atoms with Crippen molar-refractivity contribution in [3.05, 3.63) is 33.7 Å². The van der Waals surface area contributed by atoms with Gasteiger partial charge in [-0.05, 0) is 31.9 Å².